The number of aromatic nitrogens is 2. The van der Waals surface area contributed by atoms with E-state index in [1.54, 1.807) is 24.4 Å². The van der Waals surface area contributed by atoms with Gasteiger partial charge >= 0.3 is 5.97 Å². The van der Waals surface area contributed by atoms with Gasteiger partial charge in [-0.25, -0.2) is 14.8 Å². The van der Waals surface area contributed by atoms with Gasteiger partial charge < -0.3 is 10.1 Å². The number of nitrogens with one attached hydrogen (secondary N) is 1. The number of rotatable bonds is 5. The number of pyridine rings is 1. The van der Waals surface area contributed by atoms with E-state index in [2.05, 4.69) is 40.1 Å². The molecule has 0 aliphatic carbocycles. The molecule has 3 aromatic rings. The van der Waals surface area contributed by atoms with Crippen LogP contribution >= 0.6 is 50.5 Å². The van der Waals surface area contributed by atoms with Crippen LogP contribution in [-0.2, 0) is 4.74 Å². The summed E-state index contributed by atoms with van der Waals surface area (Å²) >= 11 is 17.0. The third kappa shape index (κ3) is 4.49. The molecule has 3 rings (SSSR count). The van der Waals surface area contributed by atoms with Crippen molar-refractivity contribution in [2.45, 2.75) is 19.8 Å². The highest BCUT2D eigenvalue weighted by atomic mass is 79.9. The Kier molecular flexibility index (Phi) is 6.60. The maximum atomic E-state index is 12.1. The number of hydrogen-bond acceptors (Lipinski definition) is 6. The largest absolute Gasteiger partial charge is 0.465 e. The van der Waals surface area contributed by atoms with Crippen LogP contribution in [0.3, 0.4) is 0 Å². The Morgan fingerprint density at radius 3 is 2.64 bits per heavy atom. The Labute approximate surface area is 185 Å². The summed E-state index contributed by atoms with van der Waals surface area (Å²) in [6.07, 6.45) is 1.60. The Balaban J connectivity index is 2.03. The number of nitrogens with zero attached hydrogens (tertiary/aromatic N) is 2. The minimum Gasteiger partial charge on any atom is -0.465 e. The summed E-state index contributed by atoms with van der Waals surface area (Å²) in [5.74, 6) is 0.136. The molecule has 9 heteroatoms. The summed E-state index contributed by atoms with van der Waals surface area (Å²) in [5.41, 5.74) is 2.01. The summed E-state index contributed by atoms with van der Waals surface area (Å²) in [6, 6.07) is 7.09. The van der Waals surface area contributed by atoms with Gasteiger partial charge in [-0.1, -0.05) is 43.1 Å². The fourth-order valence-electron chi connectivity index (χ4n) is 2.53. The molecule has 0 atom stereocenters. The maximum absolute atomic E-state index is 12.1. The number of methoxy groups -OCH3 is 1. The van der Waals surface area contributed by atoms with Crippen molar-refractivity contribution >= 4 is 67.4 Å². The predicted octanol–water partition coefficient (Wildman–Crippen LogP) is 6.93. The quantitative estimate of drug-likeness (QED) is 0.385. The molecule has 2 heterocycles. The molecule has 0 saturated heterocycles. The van der Waals surface area contributed by atoms with E-state index in [0.717, 1.165) is 16.1 Å². The van der Waals surface area contributed by atoms with Gasteiger partial charge in [-0.05, 0) is 40.0 Å². The summed E-state index contributed by atoms with van der Waals surface area (Å²) < 4.78 is 5.52. The zero-order valence-corrected chi connectivity index (χ0v) is 19.1. The van der Waals surface area contributed by atoms with Crippen LogP contribution in [0.25, 0.3) is 11.3 Å². The lowest BCUT2D eigenvalue weighted by Crippen LogP contribution is -2.07. The zero-order chi connectivity index (χ0) is 20.4. The molecule has 0 radical (unpaired) electrons. The van der Waals surface area contributed by atoms with Crippen molar-refractivity contribution in [1.82, 2.24) is 9.97 Å². The molecule has 0 unspecified atom stereocenters. The standard InChI is InChI=1S/C19H16BrCl2N3O2S/c1-9(2)16-15(10-4-5-13(21)14(22)6-10)24-19(28-16)25-17-12(18(26)27-3)7-11(20)8-23-17/h4-9H,1-3H3,(H,23,24,25). The van der Waals surface area contributed by atoms with Crippen molar-refractivity contribution in [3.05, 3.63) is 55.4 Å². The second-order valence-corrected chi connectivity index (χ2v) is 8.94. The lowest BCUT2D eigenvalue weighted by Gasteiger charge is -2.07. The first-order valence-electron chi connectivity index (χ1n) is 8.27. The number of benzene rings is 1. The molecular weight excluding hydrogens is 485 g/mol. The Hall–Kier alpha value is -1.67. The minimum absolute atomic E-state index is 0.246. The van der Waals surface area contributed by atoms with Crippen molar-refractivity contribution in [3.8, 4) is 11.3 Å². The molecule has 0 bridgehead atoms. The molecule has 146 valence electrons. The van der Waals surface area contributed by atoms with E-state index < -0.39 is 5.97 Å². The van der Waals surface area contributed by atoms with Gasteiger partial charge in [0.2, 0.25) is 0 Å². The Morgan fingerprint density at radius 1 is 1.25 bits per heavy atom. The fourth-order valence-corrected chi connectivity index (χ4v) is 4.15. The summed E-state index contributed by atoms with van der Waals surface area (Å²) in [5, 5.41) is 4.72. The van der Waals surface area contributed by atoms with E-state index in [1.165, 1.54) is 18.4 Å². The van der Waals surface area contributed by atoms with Crippen molar-refractivity contribution < 1.29 is 9.53 Å². The van der Waals surface area contributed by atoms with E-state index >= 15 is 0 Å². The third-order valence-electron chi connectivity index (χ3n) is 3.86. The lowest BCUT2D eigenvalue weighted by molar-refractivity contribution is 0.0601. The maximum Gasteiger partial charge on any atom is 0.341 e. The zero-order valence-electron chi connectivity index (χ0n) is 15.2. The topological polar surface area (TPSA) is 64.1 Å². The van der Waals surface area contributed by atoms with E-state index in [9.17, 15) is 4.79 Å². The number of carbonyl (C=O) groups is 1. The number of thiazole rings is 1. The second-order valence-electron chi connectivity index (χ2n) is 6.18. The van der Waals surface area contributed by atoms with Gasteiger partial charge in [0.1, 0.15) is 11.4 Å². The van der Waals surface area contributed by atoms with Crippen molar-refractivity contribution in [2.24, 2.45) is 0 Å². The van der Waals surface area contributed by atoms with E-state index in [0.29, 0.717) is 31.0 Å². The number of hydrogen-bond donors (Lipinski definition) is 1. The average molecular weight is 501 g/mol. The minimum atomic E-state index is -0.485. The van der Waals surface area contributed by atoms with Crippen LogP contribution in [0.15, 0.2) is 34.9 Å². The van der Waals surface area contributed by atoms with Crippen LogP contribution in [0.2, 0.25) is 10.0 Å². The molecule has 1 N–H and O–H groups in total. The SMILES string of the molecule is COC(=O)c1cc(Br)cnc1Nc1nc(-c2ccc(Cl)c(Cl)c2)c(C(C)C)s1. The van der Waals surface area contributed by atoms with E-state index in [4.69, 9.17) is 32.9 Å². The van der Waals surface area contributed by atoms with E-state index in [1.807, 2.05) is 6.07 Å². The molecule has 1 aromatic carbocycles. The number of ether oxygens (including phenoxy) is 1. The summed E-state index contributed by atoms with van der Waals surface area (Å²) in [6.45, 7) is 4.19. The molecular formula is C19H16BrCl2N3O2S. The third-order valence-corrected chi connectivity index (χ3v) is 6.30. The summed E-state index contributed by atoms with van der Waals surface area (Å²) in [7, 11) is 1.33. The Morgan fingerprint density at radius 2 is 2.00 bits per heavy atom. The van der Waals surface area contributed by atoms with Crippen molar-refractivity contribution in [2.75, 3.05) is 12.4 Å². The fraction of sp³-hybridized carbons (Fsp3) is 0.211. The van der Waals surface area contributed by atoms with Gasteiger partial charge in [-0.15, -0.1) is 11.3 Å². The smallest absolute Gasteiger partial charge is 0.341 e. The van der Waals surface area contributed by atoms with Crippen molar-refractivity contribution in [1.29, 1.82) is 0 Å². The van der Waals surface area contributed by atoms with Crippen molar-refractivity contribution in [3.63, 3.8) is 0 Å². The molecule has 0 aliphatic heterocycles. The first kappa shape index (κ1) is 21.0. The van der Waals surface area contributed by atoms with Gasteiger partial charge in [-0.2, -0.15) is 0 Å². The molecule has 0 amide bonds. The van der Waals surface area contributed by atoms with Crippen LogP contribution in [0.5, 0.6) is 0 Å². The monoisotopic (exact) mass is 499 g/mol. The number of halogens is 3. The first-order chi connectivity index (χ1) is 13.3. The highest BCUT2D eigenvalue weighted by Gasteiger charge is 2.20. The predicted molar refractivity (Wildman–Crippen MR) is 118 cm³/mol. The Bertz CT molecular complexity index is 1040. The van der Waals surface area contributed by atoms with Crippen LogP contribution in [0.4, 0.5) is 10.9 Å². The van der Waals surface area contributed by atoms with Gasteiger partial charge in [0, 0.05) is 21.1 Å². The van der Waals surface area contributed by atoms with Crippen LogP contribution < -0.4 is 5.32 Å². The van der Waals surface area contributed by atoms with Gasteiger partial charge in [0.15, 0.2) is 5.13 Å². The number of esters is 1. The highest BCUT2D eigenvalue weighted by Crippen LogP contribution is 2.39. The molecule has 5 nitrogen and oxygen atoms in total. The molecule has 28 heavy (non-hydrogen) atoms. The summed E-state index contributed by atoms with van der Waals surface area (Å²) in [4.78, 5) is 22.2. The molecule has 0 aliphatic rings. The van der Waals surface area contributed by atoms with E-state index in [-0.39, 0.29) is 5.92 Å². The normalized spacial score (nSPS) is 11.0. The number of carbonyl (C=O) groups excluding carboxylic acids is 1. The molecule has 2 aromatic heterocycles. The van der Waals surface area contributed by atoms with Gasteiger partial charge in [-0.3, -0.25) is 0 Å². The van der Waals surface area contributed by atoms with Gasteiger partial charge in [0.05, 0.1) is 22.8 Å². The van der Waals surface area contributed by atoms with Gasteiger partial charge in [0.25, 0.3) is 0 Å². The highest BCUT2D eigenvalue weighted by molar-refractivity contribution is 9.10. The molecule has 0 fully saturated rings. The first-order valence-corrected chi connectivity index (χ1v) is 10.6. The van der Waals surface area contributed by atoms with Crippen LogP contribution in [0, 0.1) is 0 Å². The number of anilines is 2. The lowest BCUT2D eigenvalue weighted by atomic mass is 10.1. The molecule has 0 spiro atoms. The average Bonchev–Trinajstić information content (AvgIpc) is 3.09. The van der Waals surface area contributed by atoms with Crippen LogP contribution in [0.1, 0.15) is 35.0 Å². The van der Waals surface area contributed by atoms with Crippen LogP contribution in [-0.4, -0.2) is 23.0 Å². The molecule has 0 saturated carbocycles. The second kappa shape index (κ2) is 8.78.